The van der Waals surface area contributed by atoms with Crippen molar-refractivity contribution >= 4 is 50.3 Å². The standard InChI is InChI=1S/C12H9N3O2S3/c1-7-13-8(5-18-7)6-19-12-14-10-4-9(15(16)17)2-3-11(10)20-12/h2-5H,6H2,1H3. The number of benzene rings is 1. The smallest absolute Gasteiger partial charge is 0.258 e. The van der Waals surface area contributed by atoms with Crippen LogP contribution in [-0.2, 0) is 5.75 Å². The molecule has 3 rings (SSSR count). The maximum absolute atomic E-state index is 10.7. The highest BCUT2D eigenvalue weighted by atomic mass is 32.2. The van der Waals surface area contributed by atoms with E-state index in [0.29, 0.717) is 5.52 Å². The lowest BCUT2D eigenvalue weighted by atomic mass is 10.3. The molecule has 0 bridgehead atoms. The molecule has 2 heterocycles. The summed E-state index contributed by atoms with van der Waals surface area (Å²) < 4.78 is 1.87. The molecule has 3 aromatic rings. The van der Waals surface area contributed by atoms with Gasteiger partial charge >= 0.3 is 0 Å². The van der Waals surface area contributed by atoms with Crippen molar-refractivity contribution in [3.05, 3.63) is 44.4 Å². The second kappa shape index (κ2) is 5.47. The van der Waals surface area contributed by atoms with Crippen LogP contribution in [-0.4, -0.2) is 14.9 Å². The van der Waals surface area contributed by atoms with Gasteiger partial charge in [0.1, 0.15) is 0 Å². The first-order valence-corrected chi connectivity index (χ1v) is 8.39. The van der Waals surface area contributed by atoms with Gasteiger partial charge in [-0.25, -0.2) is 9.97 Å². The molecule has 0 amide bonds. The fourth-order valence-corrected chi connectivity index (χ4v) is 4.34. The number of nitro groups is 1. The number of thiazole rings is 2. The predicted molar refractivity (Wildman–Crippen MR) is 82.7 cm³/mol. The van der Waals surface area contributed by atoms with E-state index >= 15 is 0 Å². The Balaban J connectivity index is 1.80. The van der Waals surface area contributed by atoms with Crippen LogP contribution in [0.5, 0.6) is 0 Å². The van der Waals surface area contributed by atoms with Crippen LogP contribution in [0, 0.1) is 17.0 Å². The van der Waals surface area contributed by atoms with Crippen LogP contribution in [0.25, 0.3) is 10.2 Å². The second-order valence-electron chi connectivity index (χ2n) is 4.04. The van der Waals surface area contributed by atoms with Gasteiger partial charge in [-0.3, -0.25) is 10.1 Å². The first kappa shape index (κ1) is 13.5. The van der Waals surface area contributed by atoms with E-state index in [1.165, 1.54) is 12.1 Å². The van der Waals surface area contributed by atoms with Gasteiger partial charge in [0.2, 0.25) is 0 Å². The van der Waals surface area contributed by atoms with Crippen LogP contribution >= 0.6 is 34.4 Å². The third-order valence-electron chi connectivity index (χ3n) is 2.57. The number of fused-ring (bicyclic) bond motifs is 1. The van der Waals surface area contributed by atoms with Crippen molar-refractivity contribution in [1.82, 2.24) is 9.97 Å². The Hall–Kier alpha value is -1.51. The summed E-state index contributed by atoms with van der Waals surface area (Å²) in [5.74, 6) is 0.770. The summed E-state index contributed by atoms with van der Waals surface area (Å²) in [6.45, 7) is 1.98. The van der Waals surface area contributed by atoms with Crippen LogP contribution in [0.2, 0.25) is 0 Å². The van der Waals surface area contributed by atoms with E-state index < -0.39 is 4.92 Å². The Labute approximate surface area is 126 Å². The Morgan fingerprint density at radius 1 is 1.40 bits per heavy atom. The SMILES string of the molecule is Cc1nc(CSc2nc3cc([N+](=O)[O-])ccc3s2)cs1. The zero-order chi connectivity index (χ0) is 14.1. The molecule has 2 aromatic heterocycles. The lowest BCUT2D eigenvalue weighted by Gasteiger charge is -1.92. The van der Waals surface area contributed by atoms with Gasteiger partial charge in [0.05, 0.1) is 25.8 Å². The Kier molecular flexibility index (Phi) is 3.68. The third-order valence-corrected chi connectivity index (χ3v) is 5.61. The molecule has 0 unspecified atom stereocenters. The topological polar surface area (TPSA) is 68.9 Å². The van der Waals surface area contributed by atoms with E-state index in [-0.39, 0.29) is 5.69 Å². The van der Waals surface area contributed by atoms with Crippen molar-refractivity contribution in [2.75, 3.05) is 0 Å². The number of aromatic nitrogens is 2. The van der Waals surface area contributed by atoms with Crippen LogP contribution in [0.3, 0.4) is 0 Å². The lowest BCUT2D eigenvalue weighted by Crippen LogP contribution is -1.86. The number of hydrogen-bond donors (Lipinski definition) is 0. The molecule has 0 saturated heterocycles. The van der Waals surface area contributed by atoms with Gasteiger partial charge in [-0.05, 0) is 13.0 Å². The molecule has 0 aliphatic carbocycles. The summed E-state index contributed by atoms with van der Waals surface area (Å²) in [5.41, 5.74) is 1.80. The summed E-state index contributed by atoms with van der Waals surface area (Å²) in [5, 5.41) is 13.8. The van der Waals surface area contributed by atoms with Crippen LogP contribution in [0.15, 0.2) is 27.9 Å². The number of nitro benzene ring substituents is 1. The van der Waals surface area contributed by atoms with Gasteiger partial charge in [0.15, 0.2) is 4.34 Å². The number of thioether (sulfide) groups is 1. The molecule has 0 radical (unpaired) electrons. The fourth-order valence-electron chi connectivity index (χ4n) is 1.68. The molecule has 0 fully saturated rings. The molecule has 0 aliphatic rings. The van der Waals surface area contributed by atoms with Crippen molar-refractivity contribution in [3.63, 3.8) is 0 Å². The molecular formula is C12H9N3O2S3. The minimum Gasteiger partial charge on any atom is -0.258 e. The van der Waals surface area contributed by atoms with Gasteiger partial charge < -0.3 is 0 Å². The predicted octanol–water partition coefficient (Wildman–Crippen LogP) is 4.26. The maximum Gasteiger partial charge on any atom is 0.271 e. The van der Waals surface area contributed by atoms with Crippen LogP contribution in [0.1, 0.15) is 10.7 Å². The molecule has 1 aromatic carbocycles. The van der Waals surface area contributed by atoms with E-state index in [1.807, 2.05) is 12.3 Å². The first-order valence-electron chi connectivity index (χ1n) is 5.70. The molecule has 8 heteroatoms. The van der Waals surface area contributed by atoms with Crippen molar-refractivity contribution in [2.24, 2.45) is 0 Å². The average Bonchev–Trinajstić information content (AvgIpc) is 3.00. The van der Waals surface area contributed by atoms with Crippen molar-refractivity contribution in [1.29, 1.82) is 0 Å². The first-order chi connectivity index (χ1) is 9.61. The quantitative estimate of drug-likeness (QED) is 0.407. The van der Waals surface area contributed by atoms with E-state index in [9.17, 15) is 10.1 Å². The van der Waals surface area contributed by atoms with E-state index in [0.717, 1.165) is 25.5 Å². The minimum atomic E-state index is -0.399. The van der Waals surface area contributed by atoms with Crippen LogP contribution < -0.4 is 0 Å². The Morgan fingerprint density at radius 2 is 2.25 bits per heavy atom. The lowest BCUT2D eigenvalue weighted by molar-refractivity contribution is -0.384. The number of nitrogens with zero attached hydrogens (tertiary/aromatic N) is 3. The second-order valence-corrected chi connectivity index (χ2v) is 7.35. The molecule has 102 valence electrons. The number of aryl methyl sites for hydroxylation is 1. The van der Waals surface area contributed by atoms with Gasteiger partial charge in [0, 0.05) is 23.3 Å². The van der Waals surface area contributed by atoms with Gasteiger partial charge in [-0.2, -0.15) is 0 Å². The molecule has 0 atom stereocenters. The zero-order valence-corrected chi connectivity index (χ0v) is 12.8. The Bertz CT molecular complexity index is 781. The molecule has 20 heavy (non-hydrogen) atoms. The van der Waals surface area contributed by atoms with Crippen molar-refractivity contribution < 1.29 is 4.92 Å². The summed E-state index contributed by atoms with van der Waals surface area (Å²) in [6, 6.07) is 4.78. The van der Waals surface area contributed by atoms with Crippen molar-refractivity contribution in [3.8, 4) is 0 Å². The molecule has 0 saturated carbocycles. The van der Waals surface area contributed by atoms with Crippen LogP contribution in [0.4, 0.5) is 5.69 Å². The molecule has 0 spiro atoms. The highest BCUT2D eigenvalue weighted by molar-refractivity contribution is 8.00. The molecular weight excluding hydrogens is 314 g/mol. The minimum absolute atomic E-state index is 0.0782. The fraction of sp³-hybridized carbons (Fsp3) is 0.167. The summed E-state index contributed by atoms with van der Waals surface area (Å²) in [7, 11) is 0. The number of rotatable bonds is 4. The average molecular weight is 323 g/mol. The third kappa shape index (κ3) is 2.82. The van der Waals surface area contributed by atoms with E-state index in [2.05, 4.69) is 9.97 Å². The van der Waals surface area contributed by atoms with E-state index in [1.54, 1.807) is 40.5 Å². The van der Waals surface area contributed by atoms with Gasteiger partial charge in [0.25, 0.3) is 5.69 Å². The Morgan fingerprint density at radius 3 is 2.95 bits per heavy atom. The highest BCUT2D eigenvalue weighted by Gasteiger charge is 2.11. The molecule has 0 N–H and O–H groups in total. The van der Waals surface area contributed by atoms with Gasteiger partial charge in [-0.1, -0.05) is 11.8 Å². The number of non-ortho nitro benzene ring substituents is 1. The van der Waals surface area contributed by atoms with E-state index in [4.69, 9.17) is 0 Å². The van der Waals surface area contributed by atoms with Crippen molar-refractivity contribution in [2.45, 2.75) is 17.0 Å². The summed E-state index contributed by atoms with van der Waals surface area (Å²) in [6.07, 6.45) is 0. The maximum atomic E-state index is 10.7. The molecule has 5 nitrogen and oxygen atoms in total. The number of hydrogen-bond acceptors (Lipinski definition) is 7. The zero-order valence-electron chi connectivity index (χ0n) is 10.4. The summed E-state index contributed by atoms with van der Waals surface area (Å²) >= 11 is 4.79. The largest absolute Gasteiger partial charge is 0.271 e. The summed E-state index contributed by atoms with van der Waals surface area (Å²) in [4.78, 5) is 19.2. The monoisotopic (exact) mass is 323 g/mol. The van der Waals surface area contributed by atoms with Gasteiger partial charge in [-0.15, -0.1) is 22.7 Å². The normalized spacial score (nSPS) is 11.1. The highest BCUT2D eigenvalue weighted by Crippen LogP contribution is 2.33. The molecule has 0 aliphatic heterocycles.